The van der Waals surface area contributed by atoms with Crippen molar-refractivity contribution in [3.63, 3.8) is 0 Å². The number of benzene rings is 1. The highest BCUT2D eigenvalue weighted by Crippen LogP contribution is 2.20. The Morgan fingerprint density at radius 2 is 1.74 bits per heavy atom. The second kappa shape index (κ2) is 6.50. The van der Waals surface area contributed by atoms with Gasteiger partial charge in [-0.3, -0.25) is 0 Å². The molecule has 1 fully saturated rings. The first kappa shape index (κ1) is 14.5. The number of likely N-dealkylation sites (N-methyl/N-ethyl adjacent to an activating group) is 1. The smallest absolute Gasteiger partial charge is 0.243 e. The third-order valence-corrected chi connectivity index (χ3v) is 5.45. The van der Waals surface area contributed by atoms with E-state index in [2.05, 4.69) is 5.32 Å². The molecule has 19 heavy (non-hydrogen) atoms. The molecule has 0 radical (unpaired) electrons. The summed E-state index contributed by atoms with van der Waals surface area (Å²) in [6.45, 7) is 2.21. The van der Waals surface area contributed by atoms with E-state index in [1.54, 1.807) is 16.4 Å². The number of hydrogen-bond acceptors (Lipinski definition) is 3. The van der Waals surface area contributed by atoms with Crippen molar-refractivity contribution < 1.29 is 8.42 Å². The Labute approximate surface area is 115 Å². The zero-order chi connectivity index (χ0) is 13.7. The van der Waals surface area contributed by atoms with Crippen molar-refractivity contribution in [2.24, 2.45) is 0 Å². The summed E-state index contributed by atoms with van der Waals surface area (Å²) in [5.74, 6) is 0. The minimum Gasteiger partial charge on any atom is -0.319 e. The Morgan fingerprint density at radius 1 is 1.11 bits per heavy atom. The summed E-state index contributed by atoms with van der Waals surface area (Å²) in [7, 11) is -1.37. The van der Waals surface area contributed by atoms with Crippen LogP contribution in [0.15, 0.2) is 29.2 Å². The van der Waals surface area contributed by atoms with Crippen molar-refractivity contribution in [1.82, 2.24) is 9.62 Å². The van der Waals surface area contributed by atoms with Crippen LogP contribution in [0, 0.1) is 0 Å². The molecule has 2 rings (SSSR count). The van der Waals surface area contributed by atoms with Crippen molar-refractivity contribution in [3.05, 3.63) is 29.8 Å². The molecule has 0 saturated carbocycles. The first-order valence-electron chi connectivity index (χ1n) is 6.88. The molecule has 1 aliphatic heterocycles. The molecule has 0 atom stereocenters. The second-order valence-electron chi connectivity index (χ2n) is 4.96. The molecule has 4 nitrogen and oxygen atoms in total. The SMILES string of the molecule is CNCCc1ccc(S(=O)(=O)N2CCCCC2)cc1. The highest BCUT2D eigenvalue weighted by atomic mass is 32.2. The fourth-order valence-corrected chi connectivity index (χ4v) is 3.87. The van der Waals surface area contributed by atoms with Gasteiger partial charge in [-0.05, 0) is 50.6 Å². The van der Waals surface area contributed by atoms with Gasteiger partial charge in [0, 0.05) is 13.1 Å². The maximum Gasteiger partial charge on any atom is 0.243 e. The Bertz CT molecular complexity index is 491. The van der Waals surface area contributed by atoms with E-state index in [0.29, 0.717) is 18.0 Å². The monoisotopic (exact) mass is 282 g/mol. The normalized spacial score (nSPS) is 17.5. The van der Waals surface area contributed by atoms with Crippen LogP contribution in [-0.4, -0.2) is 39.4 Å². The minimum absolute atomic E-state index is 0.419. The van der Waals surface area contributed by atoms with Crippen LogP contribution in [-0.2, 0) is 16.4 Å². The second-order valence-corrected chi connectivity index (χ2v) is 6.90. The summed E-state index contributed by atoms with van der Waals surface area (Å²) in [6.07, 6.45) is 3.99. The van der Waals surface area contributed by atoms with E-state index in [4.69, 9.17) is 0 Å². The molecule has 5 heteroatoms. The Hall–Kier alpha value is -0.910. The standard InChI is InChI=1S/C14H22N2O2S/c1-15-10-9-13-5-7-14(8-6-13)19(17,18)16-11-3-2-4-12-16/h5-8,15H,2-4,9-12H2,1H3. The molecule has 1 aromatic rings. The van der Waals surface area contributed by atoms with Crippen LogP contribution < -0.4 is 5.32 Å². The molecule has 0 amide bonds. The van der Waals surface area contributed by atoms with Crippen molar-refractivity contribution in [2.45, 2.75) is 30.6 Å². The lowest BCUT2D eigenvalue weighted by atomic mass is 10.1. The third-order valence-electron chi connectivity index (χ3n) is 3.54. The van der Waals surface area contributed by atoms with Gasteiger partial charge in [0.15, 0.2) is 0 Å². The van der Waals surface area contributed by atoms with Crippen molar-refractivity contribution in [1.29, 1.82) is 0 Å². The van der Waals surface area contributed by atoms with Crippen LogP contribution in [0.25, 0.3) is 0 Å². The van der Waals surface area contributed by atoms with Gasteiger partial charge in [-0.25, -0.2) is 8.42 Å². The Balaban J connectivity index is 2.11. The molecule has 106 valence electrons. The van der Waals surface area contributed by atoms with E-state index >= 15 is 0 Å². The van der Waals surface area contributed by atoms with Crippen LogP contribution in [0.4, 0.5) is 0 Å². The fourth-order valence-electron chi connectivity index (χ4n) is 2.35. The Kier molecular flexibility index (Phi) is 4.96. The van der Waals surface area contributed by atoms with Gasteiger partial charge in [-0.1, -0.05) is 18.6 Å². The molecule has 0 spiro atoms. The van der Waals surface area contributed by atoms with Crippen molar-refractivity contribution in [2.75, 3.05) is 26.7 Å². The zero-order valence-electron chi connectivity index (χ0n) is 11.4. The fraction of sp³-hybridized carbons (Fsp3) is 0.571. The van der Waals surface area contributed by atoms with Gasteiger partial charge in [-0.15, -0.1) is 0 Å². The van der Waals surface area contributed by atoms with Gasteiger partial charge in [0.25, 0.3) is 0 Å². The molecular formula is C14H22N2O2S. The highest BCUT2D eigenvalue weighted by Gasteiger charge is 2.25. The summed E-state index contributed by atoms with van der Waals surface area (Å²) in [5.41, 5.74) is 1.16. The van der Waals surface area contributed by atoms with Crippen molar-refractivity contribution in [3.8, 4) is 0 Å². The lowest BCUT2D eigenvalue weighted by molar-refractivity contribution is 0.346. The number of nitrogens with zero attached hydrogens (tertiary/aromatic N) is 1. The molecule has 0 aliphatic carbocycles. The third kappa shape index (κ3) is 3.55. The predicted octanol–water partition coefficient (Wildman–Crippen LogP) is 1.62. The molecule has 0 bridgehead atoms. The summed E-state index contributed by atoms with van der Waals surface area (Å²) in [4.78, 5) is 0.419. The van der Waals surface area contributed by atoms with Crippen LogP contribution in [0.1, 0.15) is 24.8 Å². The lowest BCUT2D eigenvalue weighted by Crippen LogP contribution is -2.35. The first-order valence-corrected chi connectivity index (χ1v) is 8.32. The number of nitrogens with one attached hydrogen (secondary N) is 1. The number of rotatable bonds is 5. The van der Waals surface area contributed by atoms with Gasteiger partial charge < -0.3 is 5.32 Å². The van der Waals surface area contributed by atoms with Gasteiger partial charge >= 0.3 is 0 Å². The van der Waals surface area contributed by atoms with Crippen LogP contribution in [0.2, 0.25) is 0 Å². The minimum atomic E-state index is -3.28. The summed E-state index contributed by atoms with van der Waals surface area (Å²) < 4.78 is 26.5. The van der Waals surface area contributed by atoms with E-state index < -0.39 is 10.0 Å². The average Bonchev–Trinajstić information content (AvgIpc) is 2.46. The highest BCUT2D eigenvalue weighted by molar-refractivity contribution is 7.89. The van der Waals surface area contributed by atoms with Crippen LogP contribution >= 0.6 is 0 Å². The molecule has 1 aliphatic rings. The number of hydrogen-bond donors (Lipinski definition) is 1. The van der Waals surface area contributed by atoms with E-state index in [-0.39, 0.29) is 0 Å². The van der Waals surface area contributed by atoms with Gasteiger partial charge in [0.1, 0.15) is 0 Å². The summed E-state index contributed by atoms with van der Waals surface area (Å²) >= 11 is 0. The van der Waals surface area contributed by atoms with E-state index in [1.165, 1.54) is 0 Å². The summed E-state index contributed by atoms with van der Waals surface area (Å²) in [5, 5.41) is 3.09. The Morgan fingerprint density at radius 3 is 2.32 bits per heavy atom. The molecule has 1 heterocycles. The predicted molar refractivity (Wildman–Crippen MR) is 76.7 cm³/mol. The van der Waals surface area contributed by atoms with E-state index in [9.17, 15) is 8.42 Å². The largest absolute Gasteiger partial charge is 0.319 e. The van der Waals surface area contributed by atoms with Gasteiger partial charge in [0.05, 0.1) is 4.90 Å². The molecule has 0 aromatic heterocycles. The molecular weight excluding hydrogens is 260 g/mol. The summed E-state index contributed by atoms with van der Waals surface area (Å²) in [6, 6.07) is 7.28. The topological polar surface area (TPSA) is 49.4 Å². The van der Waals surface area contributed by atoms with E-state index in [1.807, 2.05) is 19.2 Å². The first-order chi connectivity index (χ1) is 9.14. The quantitative estimate of drug-likeness (QED) is 0.893. The lowest BCUT2D eigenvalue weighted by Gasteiger charge is -2.25. The van der Waals surface area contributed by atoms with Gasteiger partial charge in [-0.2, -0.15) is 4.31 Å². The van der Waals surface area contributed by atoms with Crippen LogP contribution in [0.3, 0.4) is 0 Å². The van der Waals surface area contributed by atoms with Crippen molar-refractivity contribution >= 4 is 10.0 Å². The maximum atomic E-state index is 12.4. The molecule has 1 N–H and O–H groups in total. The maximum absolute atomic E-state index is 12.4. The zero-order valence-corrected chi connectivity index (χ0v) is 12.2. The number of piperidine rings is 1. The average molecular weight is 282 g/mol. The van der Waals surface area contributed by atoms with Gasteiger partial charge in [0.2, 0.25) is 10.0 Å². The molecule has 1 saturated heterocycles. The van der Waals surface area contributed by atoms with E-state index in [0.717, 1.165) is 37.8 Å². The molecule has 1 aromatic carbocycles. The van der Waals surface area contributed by atoms with Crippen LogP contribution in [0.5, 0.6) is 0 Å². The number of sulfonamides is 1. The molecule has 0 unspecified atom stereocenters.